The SMILES string of the molecule is COc1c([C@H]2[C@H](C3Nc4ccnc(N)c4N3)O[C@@](C)(C(F)(F)F)[C@H]2C)ccc(F)c1F. The van der Waals surface area contributed by atoms with E-state index in [9.17, 15) is 22.0 Å². The molecule has 6 nitrogen and oxygen atoms in total. The normalized spacial score (nSPS) is 29.9. The maximum Gasteiger partial charge on any atom is 0.417 e. The number of fused-ring (bicyclic) bond motifs is 1. The number of rotatable bonds is 3. The molecule has 31 heavy (non-hydrogen) atoms. The van der Waals surface area contributed by atoms with Crippen molar-refractivity contribution in [1.82, 2.24) is 4.98 Å². The maximum absolute atomic E-state index is 14.4. The molecule has 3 heterocycles. The minimum absolute atomic E-state index is 0.0810. The summed E-state index contributed by atoms with van der Waals surface area (Å²) in [6.07, 6.45) is -5.22. The van der Waals surface area contributed by atoms with Crippen molar-refractivity contribution in [3.8, 4) is 5.75 Å². The molecule has 4 N–H and O–H groups in total. The van der Waals surface area contributed by atoms with E-state index >= 15 is 0 Å². The van der Waals surface area contributed by atoms with Crippen LogP contribution in [0.4, 0.5) is 39.1 Å². The van der Waals surface area contributed by atoms with Gasteiger partial charge in [0.1, 0.15) is 23.8 Å². The van der Waals surface area contributed by atoms with Crippen LogP contribution in [0.25, 0.3) is 0 Å². The Balaban J connectivity index is 1.82. The van der Waals surface area contributed by atoms with Crippen LogP contribution in [0, 0.1) is 17.6 Å². The molecule has 0 amide bonds. The Hall–Kier alpha value is -2.82. The standard InChI is InChI=1S/C20H21F5N4O2/c1-8-12(9-4-5-10(21)13(22)15(9)30-3)16(31-19(8,2)20(23,24)25)18-28-11-6-7-27-17(26)14(11)29-18/h4-8,12,16,18,28-29H,1-3H3,(H2,26,27)/t8-,12-,16+,18?,19+/m0/s1. The molecule has 0 aliphatic carbocycles. The maximum atomic E-state index is 14.4. The summed E-state index contributed by atoms with van der Waals surface area (Å²) in [6.45, 7) is 2.33. The number of nitrogens with zero attached hydrogens (tertiary/aromatic N) is 1. The molecule has 0 spiro atoms. The third-order valence-electron chi connectivity index (χ3n) is 6.27. The minimum Gasteiger partial charge on any atom is -0.493 e. The number of pyridine rings is 1. The number of nitrogens with two attached hydrogens (primary N) is 1. The first-order chi connectivity index (χ1) is 14.5. The molecule has 0 radical (unpaired) electrons. The molecule has 2 aliphatic rings. The summed E-state index contributed by atoms with van der Waals surface area (Å²) >= 11 is 0. The molecule has 1 aromatic carbocycles. The fraction of sp³-hybridized carbons (Fsp3) is 0.450. The molecule has 1 fully saturated rings. The number of aromatic nitrogens is 1. The van der Waals surface area contributed by atoms with Crippen LogP contribution in [-0.4, -0.2) is 36.1 Å². The third-order valence-corrected chi connectivity index (χ3v) is 6.27. The summed E-state index contributed by atoms with van der Waals surface area (Å²) in [4.78, 5) is 3.96. The lowest BCUT2D eigenvalue weighted by atomic mass is 9.76. The number of nitrogens with one attached hydrogen (secondary N) is 2. The van der Waals surface area contributed by atoms with Gasteiger partial charge in [-0.25, -0.2) is 9.37 Å². The Bertz CT molecular complexity index is 1020. The van der Waals surface area contributed by atoms with Crippen LogP contribution in [0.5, 0.6) is 5.75 Å². The minimum atomic E-state index is -4.71. The zero-order chi connectivity index (χ0) is 22.7. The number of methoxy groups -OCH3 is 1. The van der Waals surface area contributed by atoms with E-state index in [0.29, 0.717) is 11.4 Å². The topological polar surface area (TPSA) is 81.4 Å². The first kappa shape index (κ1) is 21.4. The van der Waals surface area contributed by atoms with Gasteiger partial charge in [-0.1, -0.05) is 13.0 Å². The molecule has 2 aromatic rings. The Kier molecular flexibility index (Phi) is 4.91. The van der Waals surface area contributed by atoms with Gasteiger partial charge < -0.3 is 25.8 Å². The van der Waals surface area contributed by atoms with Gasteiger partial charge in [0.2, 0.25) is 5.82 Å². The summed E-state index contributed by atoms with van der Waals surface area (Å²) in [7, 11) is 1.13. The number of halogens is 5. The van der Waals surface area contributed by atoms with E-state index in [2.05, 4.69) is 15.6 Å². The molecule has 5 atom stereocenters. The van der Waals surface area contributed by atoms with E-state index < -0.39 is 53.3 Å². The van der Waals surface area contributed by atoms with Crippen molar-refractivity contribution in [1.29, 1.82) is 0 Å². The van der Waals surface area contributed by atoms with Crippen molar-refractivity contribution in [3.63, 3.8) is 0 Å². The summed E-state index contributed by atoms with van der Waals surface area (Å²) < 4.78 is 81.0. The van der Waals surface area contributed by atoms with Gasteiger partial charge in [0.05, 0.1) is 12.8 Å². The summed E-state index contributed by atoms with van der Waals surface area (Å²) in [5, 5.41) is 6.08. The first-order valence-electron chi connectivity index (χ1n) is 9.53. The monoisotopic (exact) mass is 444 g/mol. The lowest BCUT2D eigenvalue weighted by molar-refractivity contribution is -0.274. The highest BCUT2D eigenvalue weighted by Crippen LogP contribution is 2.56. The molecule has 4 rings (SSSR count). The molecule has 2 aliphatic heterocycles. The van der Waals surface area contributed by atoms with Crippen LogP contribution in [0.3, 0.4) is 0 Å². The molecule has 1 unspecified atom stereocenters. The average Bonchev–Trinajstić information content (AvgIpc) is 3.25. The van der Waals surface area contributed by atoms with Gasteiger partial charge in [0, 0.05) is 23.6 Å². The van der Waals surface area contributed by atoms with E-state index in [1.807, 2.05) is 0 Å². The second kappa shape index (κ2) is 7.11. The highest BCUT2D eigenvalue weighted by molar-refractivity contribution is 5.82. The summed E-state index contributed by atoms with van der Waals surface area (Å²) in [5.74, 6) is -4.86. The van der Waals surface area contributed by atoms with Crippen molar-refractivity contribution in [2.75, 3.05) is 23.5 Å². The predicted octanol–water partition coefficient (Wildman–Crippen LogP) is 4.25. The van der Waals surface area contributed by atoms with Gasteiger partial charge in [-0.2, -0.15) is 17.6 Å². The molecule has 1 saturated heterocycles. The second-order valence-corrected chi connectivity index (χ2v) is 7.87. The van der Waals surface area contributed by atoms with Crippen LogP contribution in [0.2, 0.25) is 0 Å². The number of anilines is 3. The fourth-order valence-electron chi connectivity index (χ4n) is 4.43. The van der Waals surface area contributed by atoms with E-state index in [1.54, 1.807) is 6.07 Å². The molecule has 11 heteroatoms. The Morgan fingerprint density at radius 1 is 1.19 bits per heavy atom. The zero-order valence-corrected chi connectivity index (χ0v) is 16.8. The number of hydrogen-bond acceptors (Lipinski definition) is 6. The number of hydrogen-bond donors (Lipinski definition) is 3. The lowest BCUT2D eigenvalue weighted by Crippen LogP contribution is -2.48. The van der Waals surface area contributed by atoms with Gasteiger partial charge in [0.25, 0.3) is 0 Å². The molecular weight excluding hydrogens is 423 g/mol. The zero-order valence-electron chi connectivity index (χ0n) is 16.8. The van der Waals surface area contributed by atoms with Crippen molar-refractivity contribution in [3.05, 3.63) is 41.6 Å². The number of alkyl halides is 3. The van der Waals surface area contributed by atoms with E-state index in [0.717, 1.165) is 20.1 Å². The van der Waals surface area contributed by atoms with Gasteiger partial charge in [-0.05, 0) is 19.1 Å². The van der Waals surface area contributed by atoms with E-state index in [-0.39, 0.29) is 11.4 Å². The van der Waals surface area contributed by atoms with Gasteiger partial charge in [0.15, 0.2) is 17.2 Å². The average molecular weight is 444 g/mol. The largest absolute Gasteiger partial charge is 0.493 e. The van der Waals surface area contributed by atoms with Crippen molar-refractivity contribution >= 4 is 17.2 Å². The molecule has 0 saturated carbocycles. The van der Waals surface area contributed by atoms with E-state index in [4.69, 9.17) is 15.2 Å². The number of benzene rings is 1. The molecule has 168 valence electrons. The summed E-state index contributed by atoms with van der Waals surface area (Å²) in [5.41, 5.74) is 4.38. The Labute approximate surface area is 174 Å². The van der Waals surface area contributed by atoms with Crippen LogP contribution in [0.15, 0.2) is 24.4 Å². The number of nitrogen functional groups attached to an aromatic ring is 1. The quantitative estimate of drug-likeness (QED) is 0.614. The van der Waals surface area contributed by atoms with Gasteiger partial charge >= 0.3 is 6.18 Å². The Morgan fingerprint density at radius 3 is 2.52 bits per heavy atom. The fourth-order valence-corrected chi connectivity index (χ4v) is 4.43. The van der Waals surface area contributed by atoms with Crippen molar-refractivity contribution in [2.24, 2.45) is 5.92 Å². The smallest absolute Gasteiger partial charge is 0.417 e. The van der Waals surface area contributed by atoms with Crippen LogP contribution in [-0.2, 0) is 4.74 Å². The van der Waals surface area contributed by atoms with Gasteiger partial charge in [-0.15, -0.1) is 0 Å². The second-order valence-electron chi connectivity index (χ2n) is 7.87. The lowest BCUT2D eigenvalue weighted by Gasteiger charge is -2.32. The van der Waals surface area contributed by atoms with Crippen molar-refractivity contribution in [2.45, 2.75) is 43.8 Å². The Morgan fingerprint density at radius 2 is 1.90 bits per heavy atom. The summed E-state index contributed by atoms with van der Waals surface area (Å²) in [6, 6.07) is 3.72. The van der Waals surface area contributed by atoms with Gasteiger partial charge in [-0.3, -0.25) is 0 Å². The van der Waals surface area contributed by atoms with Crippen LogP contribution >= 0.6 is 0 Å². The third kappa shape index (κ3) is 3.13. The first-order valence-corrected chi connectivity index (χ1v) is 9.53. The molecular formula is C20H21F5N4O2. The molecule has 1 aromatic heterocycles. The predicted molar refractivity (Wildman–Crippen MR) is 104 cm³/mol. The van der Waals surface area contributed by atoms with Crippen molar-refractivity contribution < 1.29 is 31.4 Å². The highest BCUT2D eigenvalue weighted by Gasteiger charge is 2.66. The highest BCUT2D eigenvalue weighted by atomic mass is 19.4. The van der Waals surface area contributed by atoms with Crippen LogP contribution < -0.4 is 21.1 Å². The molecule has 0 bridgehead atoms. The van der Waals surface area contributed by atoms with Crippen LogP contribution in [0.1, 0.15) is 25.3 Å². The number of ether oxygens (including phenoxy) is 2. The van der Waals surface area contributed by atoms with E-state index in [1.165, 1.54) is 19.2 Å².